The molecule has 1 aromatic carbocycles. The molecule has 0 aliphatic rings. The lowest BCUT2D eigenvalue weighted by molar-refractivity contribution is -0.140. The Morgan fingerprint density at radius 1 is 1.38 bits per heavy atom. The van der Waals surface area contributed by atoms with E-state index < -0.39 is 11.9 Å². The Morgan fingerprint density at radius 2 is 1.88 bits per heavy atom. The Balaban J connectivity index is 3.26. The molecule has 0 saturated carbocycles. The fraction of sp³-hybridized carbons (Fsp3) is 0.417. The summed E-state index contributed by atoms with van der Waals surface area (Å²) in [6.45, 7) is 3.84. The van der Waals surface area contributed by atoms with E-state index in [-0.39, 0.29) is 5.92 Å². The minimum Gasteiger partial charge on any atom is -0.481 e. The van der Waals surface area contributed by atoms with E-state index in [0.717, 1.165) is 6.42 Å². The van der Waals surface area contributed by atoms with Gasteiger partial charge in [0.05, 0.1) is 5.92 Å². The molecule has 0 fully saturated rings. The van der Waals surface area contributed by atoms with E-state index in [1.54, 1.807) is 18.2 Å². The zero-order chi connectivity index (χ0) is 12.3. The van der Waals surface area contributed by atoms with Crippen molar-refractivity contribution in [3.8, 4) is 0 Å². The summed E-state index contributed by atoms with van der Waals surface area (Å²) < 4.78 is 0. The second-order valence-electron chi connectivity index (χ2n) is 3.84. The highest BCUT2D eigenvalue weighted by molar-refractivity contribution is 6.36. The number of carboxylic acid groups (broad SMARTS) is 1. The molecule has 0 spiro atoms. The van der Waals surface area contributed by atoms with Crippen molar-refractivity contribution in [2.24, 2.45) is 5.92 Å². The number of benzene rings is 1. The molecule has 1 rings (SSSR count). The number of carboxylic acids is 1. The van der Waals surface area contributed by atoms with Crippen LogP contribution in [0.5, 0.6) is 0 Å². The first-order valence-corrected chi connectivity index (χ1v) is 5.91. The van der Waals surface area contributed by atoms with Crippen LogP contribution in [-0.4, -0.2) is 11.1 Å². The van der Waals surface area contributed by atoms with Crippen molar-refractivity contribution in [3.05, 3.63) is 33.8 Å². The third-order valence-electron chi connectivity index (χ3n) is 2.79. The monoisotopic (exact) mass is 260 g/mol. The minimum absolute atomic E-state index is 0.00472. The lowest BCUT2D eigenvalue weighted by Gasteiger charge is -2.21. The number of hydrogen-bond donors (Lipinski definition) is 1. The minimum atomic E-state index is -0.885. The smallest absolute Gasteiger partial charge is 0.311 e. The van der Waals surface area contributed by atoms with Gasteiger partial charge in [0, 0.05) is 15.6 Å². The van der Waals surface area contributed by atoms with Gasteiger partial charge in [-0.1, -0.05) is 49.5 Å². The molecule has 4 heteroatoms. The highest BCUT2D eigenvalue weighted by Crippen LogP contribution is 2.36. The molecule has 2 unspecified atom stereocenters. The highest BCUT2D eigenvalue weighted by Gasteiger charge is 2.29. The molecule has 0 aromatic heterocycles. The Labute approximate surface area is 105 Å². The van der Waals surface area contributed by atoms with Crippen LogP contribution < -0.4 is 0 Å². The molecule has 0 heterocycles. The summed E-state index contributed by atoms with van der Waals surface area (Å²) in [5.74, 6) is -1.54. The number of aliphatic carboxylic acids is 1. The van der Waals surface area contributed by atoms with Crippen molar-refractivity contribution >= 4 is 29.2 Å². The number of carbonyl (C=O) groups is 1. The Bertz CT molecular complexity index is 370. The van der Waals surface area contributed by atoms with Gasteiger partial charge in [-0.05, 0) is 18.1 Å². The van der Waals surface area contributed by atoms with E-state index in [9.17, 15) is 9.90 Å². The number of hydrogen-bond acceptors (Lipinski definition) is 1. The summed E-state index contributed by atoms with van der Waals surface area (Å²) in [6.07, 6.45) is 0.762. The first-order valence-electron chi connectivity index (χ1n) is 5.15. The van der Waals surface area contributed by atoms with Crippen molar-refractivity contribution < 1.29 is 9.90 Å². The van der Waals surface area contributed by atoms with Crippen molar-refractivity contribution in [2.45, 2.75) is 26.2 Å². The maximum atomic E-state index is 11.3. The molecule has 16 heavy (non-hydrogen) atoms. The predicted molar refractivity (Wildman–Crippen MR) is 66.3 cm³/mol. The van der Waals surface area contributed by atoms with Gasteiger partial charge in [-0.25, -0.2) is 0 Å². The van der Waals surface area contributed by atoms with Crippen LogP contribution >= 0.6 is 23.2 Å². The Morgan fingerprint density at radius 3 is 2.25 bits per heavy atom. The SMILES string of the molecule is CCC(C)C(C(=O)O)c1c(Cl)cccc1Cl. The number of rotatable bonds is 4. The van der Waals surface area contributed by atoms with Crippen molar-refractivity contribution in [2.75, 3.05) is 0 Å². The summed E-state index contributed by atoms with van der Waals surface area (Å²) in [5, 5.41) is 10.1. The third-order valence-corrected chi connectivity index (χ3v) is 3.45. The molecule has 0 radical (unpaired) electrons. The van der Waals surface area contributed by atoms with Crippen LogP contribution in [0.4, 0.5) is 0 Å². The average molecular weight is 261 g/mol. The maximum Gasteiger partial charge on any atom is 0.311 e. The first-order chi connectivity index (χ1) is 7.49. The van der Waals surface area contributed by atoms with E-state index in [0.29, 0.717) is 15.6 Å². The largest absolute Gasteiger partial charge is 0.481 e. The van der Waals surface area contributed by atoms with Crippen LogP contribution in [-0.2, 0) is 4.79 Å². The summed E-state index contributed by atoms with van der Waals surface area (Å²) in [7, 11) is 0. The van der Waals surface area contributed by atoms with E-state index >= 15 is 0 Å². The second-order valence-corrected chi connectivity index (χ2v) is 4.65. The summed E-state index contributed by atoms with van der Waals surface area (Å²) in [5.41, 5.74) is 0.521. The van der Waals surface area contributed by atoms with Gasteiger partial charge >= 0.3 is 5.97 Å². The fourth-order valence-corrected chi connectivity index (χ4v) is 2.33. The zero-order valence-electron chi connectivity index (χ0n) is 9.21. The van der Waals surface area contributed by atoms with Gasteiger partial charge in [0.15, 0.2) is 0 Å². The van der Waals surface area contributed by atoms with E-state index in [1.165, 1.54) is 0 Å². The van der Waals surface area contributed by atoms with Gasteiger partial charge in [-0.3, -0.25) is 4.79 Å². The van der Waals surface area contributed by atoms with E-state index in [4.69, 9.17) is 23.2 Å². The van der Waals surface area contributed by atoms with Crippen LogP contribution in [0, 0.1) is 5.92 Å². The van der Waals surface area contributed by atoms with Gasteiger partial charge in [0.2, 0.25) is 0 Å². The first kappa shape index (κ1) is 13.3. The fourth-order valence-electron chi connectivity index (χ4n) is 1.69. The normalized spacial score (nSPS) is 14.5. The van der Waals surface area contributed by atoms with E-state index in [2.05, 4.69) is 0 Å². The third kappa shape index (κ3) is 2.69. The molecular weight excluding hydrogens is 247 g/mol. The van der Waals surface area contributed by atoms with Gasteiger partial charge in [0.25, 0.3) is 0 Å². The van der Waals surface area contributed by atoms with Crippen LogP contribution in [0.15, 0.2) is 18.2 Å². The molecule has 2 nitrogen and oxygen atoms in total. The molecule has 88 valence electrons. The van der Waals surface area contributed by atoms with Crippen molar-refractivity contribution in [3.63, 3.8) is 0 Å². The summed E-state index contributed by atoms with van der Waals surface area (Å²) in [6, 6.07) is 5.05. The molecule has 0 amide bonds. The van der Waals surface area contributed by atoms with Crippen LogP contribution in [0.25, 0.3) is 0 Å². The number of halogens is 2. The highest BCUT2D eigenvalue weighted by atomic mass is 35.5. The Kier molecular flexibility index (Phi) is 4.63. The topological polar surface area (TPSA) is 37.3 Å². The molecule has 1 N–H and O–H groups in total. The van der Waals surface area contributed by atoms with Crippen LogP contribution in [0.2, 0.25) is 10.0 Å². The molecule has 0 aliphatic heterocycles. The molecule has 0 bridgehead atoms. The quantitative estimate of drug-likeness (QED) is 0.881. The molecule has 0 aliphatic carbocycles. The Hall–Kier alpha value is -0.730. The van der Waals surface area contributed by atoms with Crippen molar-refractivity contribution in [1.82, 2.24) is 0 Å². The average Bonchev–Trinajstić information content (AvgIpc) is 2.22. The standard InChI is InChI=1S/C12H14Cl2O2/c1-3-7(2)10(12(15)16)11-8(13)5-4-6-9(11)14/h4-7,10H,3H2,1-2H3,(H,15,16). The molecular formula is C12H14Cl2O2. The predicted octanol–water partition coefficient (Wildman–Crippen LogP) is 4.21. The van der Waals surface area contributed by atoms with Gasteiger partial charge in [-0.15, -0.1) is 0 Å². The summed E-state index contributed by atoms with van der Waals surface area (Å²) in [4.78, 5) is 11.3. The van der Waals surface area contributed by atoms with Crippen LogP contribution in [0.3, 0.4) is 0 Å². The maximum absolute atomic E-state index is 11.3. The lowest BCUT2D eigenvalue weighted by Crippen LogP contribution is -2.19. The second kappa shape index (κ2) is 5.55. The van der Waals surface area contributed by atoms with E-state index in [1.807, 2.05) is 13.8 Å². The molecule has 0 saturated heterocycles. The van der Waals surface area contributed by atoms with Gasteiger partial charge in [-0.2, -0.15) is 0 Å². The summed E-state index contributed by atoms with van der Waals surface area (Å²) >= 11 is 12.0. The molecule has 1 aromatic rings. The zero-order valence-corrected chi connectivity index (χ0v) is 10.7. The van der Waals surface area contributed by atoms with Gasteiger partial charge in [0.1, 0.15) is 0 Å². The van der Waals surface area contributed by atoms with Gasteiger partial charge < -0.3 is 5.11 Å². The van der Waals surface area contributed by atoms with Crippen LogP contribution in [0.1, 0.15) is 31.7 Å². The lowest BCUT2D eigenvalue weighted by atomic mass is 9.85. The van der Waals surface area contributed by atoms with Crippen molar-refractivity contribution in [1.29, 1.82) is 0 Å². The molecule has 2 atom stereocenters.